The van der Waals surface area contributed by atoms with Crippen LogP contribution in [0.25, 0.3) is 0 Å². The van der Waals surface area contributed by atoms with Gasteiger partial charge >= 0.3 is 6.18 Å². The van der Waals surface area contributed by atoms with Crippen LogP contribution in [0.4, 0.5) is 13.2 Å². The number of alkyl halides is 3. The molecular formula is C19H19F3N4O4. The van der Waals surface area contributed by atoms with Crippen molar-refractivity contribution in [2.24, 2.45) is 0 Å². The van der Waals surface area contributed by atoms with Gasteiger partial charge in [0.05, 0.1) is 18.3 Å². The number of nitrogens with zero attached hydrogens (tertiary/aromatic N) is 3. The number of hydrogen-bond acceptors (Lipinski definition) is 5. The van der Waals surface area contributed by atoms with Crippen LogP contribution in [0.3, 0.4) is 0 Å². The van der Waals surface area contributed by atoms with E-state index in [1.54, 1.807) is 0 Å². The van der Waals surface area contributed by atoms with Crippen LogP contribution in [0.1, 0.15) is 28.0 Å². The summed E-state index contributed by atoms with van der Waals surface area (Å²) in [5.41, 5.74) is -3.24. The highest BCUT2D eigenvalue weighted by atomic mass is 19.4. The van der Waals surface area contributed by atoms with Crippen molar-refractivity contribution in [2.45, 2.75) is 24.6 Å². The lowest BCUT2D eigenvalue weighted by molar-refractivity contribution is -0.137. The van der Waals surface area contributed by atoms with Gasteiger partial charge in [0, 0.05) is 32.5 Å². The molecule has 3 rings (SSSR count). The summed E-state index contributed by atoms with van der Waals surface area (Å²) in [7, 11) is 2.82. The molecular weight excluding hydrogens is 405 g/mol. The fourth-order valence-corrected chi connectivity index (χ4v) is 3.62. The number of nitrogens with one attached hydrogen (secondary N) is 1. The maximum absolute atomic E-state index is 13.2. The summed E-state index contributed by atoms with van der Waals surface area (Å²) in [6.07, 6.45) is -3.67. The van der Waals surface area contributed by atoms with Gasteiger partial charge in [-0.05, 0) is 11.6 Å². The molecule has 0 radical (unpaired) electrons. The van der Waals surface area contributed by atoms with E-state index in [2.05, 4.69) is 10.4 Å². The number of likely N-dealkylation sites (N-methyl/N-ethyl adjacent to an activating group) is 1. The first-order chi connectivity index (χ1) is 14.0. The fraction of sp³-hybridized carbons (Fsp3) is 0.368. The zero-order valence-electron chi connectivity index (χ0n) is 16.2. The Hall–Kier alpha value is -3.37. The van der Waals surface area contributed by atoms with Crippen molar-refractivity contribution in [2.75, 3.05) is 20.6 Å². The van der Waals surface area contributed by atoms with Crippen LogP contribution >= 0.6 is 0 Å². The molecule has 0 spiro atoms. The highest BCUT2D eigenvalue weighted by Gasteiger charge is 2.45. The van der Waals surface area contributed by atoms with E-state index in [0.717, 1.165) is 23.0 Å². The summed E-state index contributed by atoms with van der Waals surface area (Å²) in [5, 5.41) is 16.1. The van der Waals surface area contributed by atoms with E-state index in [4.69, 9.17) is 0 Å². The molecule has 2 N–H and O–H groups in total. The maximum Gasteiger partial charge on any atom is 0.416 e. The first kappa shape index (κ1) is 21.3. The maximum atomic E-state index is 13.2. The molecule has 30 heavy (non-hydrogen) atoms. The smallest absolute Gasteiger partial charge is 0.416 e. The molecule has 2 heterocycles. The lowest BCUT2D eigenvalue weighted by Gasteiger charge is -2.30. The third kappa shape index (κ3) is 3.87. The molecule has 0 saturated carbocycles. The zero-order valence-corrected chi connectivity index (χ0v) is 16.2. The van der Waals surface area contributed by atoms with Crippen LogP contribution in [-0.2, 0) is 22.9 Å². The van der Waals surface area contributed by atoms with Gasteiger partial charge in [0.1, 0.15) is 0 Å². The van der Waals surface area contributed by atoms with Gasteiger partial charge in [0.2, 0.25) is 5.91 Å². The molecule has 0 bridgehead atoms. The first-order valence-electron chi connectivity index (χ1n) is 8.91. The number of halogens is 3. The van der Waals surface area contributed by atoms with Gasteiger partial charge in [-0.1, -0.05) is 18.2 Å². The van der Waals surface area contributed by atoms with Gasteiger partial charge in [-0.2, -0.15) is 18.3 Å². The van der Waals surface area contributed by atoms with Gasteiger partial charge in [-0.3, -0.25) is 19.1 Å². The highest BCUT2D eigenvalue weighted by Crippen LogP contribution is 2.39. The lowest BCUT2D eigenvalue weighted by Crippen LogP contribution is -2.37. The molecule has 1 unspecified atom stereocenters. The van der Waals surface area contributed by atoms with Crippen LogP contribution in [-0.4, -0.2) is 52.2 Å². The van der Waals surface area contributed by atoms with Crippen LogP contribution in [0, 0.1) is 0 Å². The van der Waals surface area contributed by atoms with E-state index in [1.807, 2.05) is 0 Å². The molecule has 11 heteroatoms. The Morgan fingerprint density at radius 1 is 1.33 bits per heavy atom. The molecule has 2 aromatic rings. The van der Waals surface area contributed by atoms with Crippen molar-refractivity contribution in [1.82, 2.24) is 20.0 Å². The number of carbonyl (C=O) groups is 2. The van der Waals surface area contributed by atoms with Crippen LogP contribution < -0.4 is 10.7 Å². The molecule has 1 aromatic heterocycles. The minimum Gasteiger partial charge on any atom is -0.503 e. The predicted molar refractivity (Wildman–Crippen MR) is 98.9 cm³/mol. The number of hydrogen-bond donors (Lipinski definition) is 2. The second kappa shape index (κ2) is 7.47. The van der Waals surface area contributed by atoms with E-state index in [1.165, 1.54) is 31.1 Å². The third-order valence-electron chi connectivity index (χ3n) is 5.11. The van der Waals surface area contributed by atoms with Crippen molar-refractivity contribution in [3.63, 3.8) is 0 Å². The summed E-state index contributed by atoms with van der Waals surface area (Å²) in [6.45, 7) is -0.0424. The standard InChI is InChI=1S/C19H19F3N4O4/c1-23-17(30)15-16(29)13(27)8-26(24-15)10-18(7-14(28)25(2)9-18)11-4-3-5-12(6-11)19(20,21)22/h3-6,8,27H,7,9-10H2,1-2H3,(H,23,30). The Balaban J connectivity index is 2.12. The quantitative estimate of drug-likeness (QED) is 0.766. The number of rotatable bonds is 4. The van der Waals surface area contributed by atoms with E-state index in [9.17, 15) is 32.7 Å². The number of aromatic nitrogens is 2. The predicted octanol–water partition coefficient (Wildman–Crippen LogP) is 1.13. The number of amides is 2. The minimum atomic E-state index is -4.56. The molecule has 1 aliphatic heterocycles. The Morgan fingerprint density at radius 3 is 2.60 bits per heavy atom. The third-order valence-corrected chi connectivity index (χ3v) is 5.11. The van der Waals surface area contributed by atoms with Gasteiger partial charge in [0.15, 0.2) is 11.4 Å². The van der Waals surface area contributed by atoms with Crippen molar-refractivity contribution >= 4 is 11.8 Å². The Bertz CT molecular complexity index is 1070. The normalized spacial score (nSPS) is 19.2. The SMILES string of the molecule is CNC(=O)c1nn(CC2(c3cccc(C(F)(F)F)c3)CC(=O)N(C)C2)cc(O)c1=O. The average molecular weight is 424 g/mol. The Labute approximate surface area is 168 Å². The van der Waals surface area contributed by atoms with E-state index in [0.29, 0.717) is 0 Å². The van der Waals surface area contributed by atoms with Crippen LogP contribution in [0.5, 0.6) is 5.75 Å². The van der Waals surface area contributed by atoms with Crippen molar-refractivity contribution in [3.8, 4) is 5.75 Å². The summed E-state index contributed by atoms with van der Waals surface area (Å²) in [4.78, 5) is 37.6. The number of carbonyl (C=O) groups excluding carboxylic acids is 2. The molecule has 1 aromatic carbocycles. The second-order valence-corrected chi connectivity index (χ2v) is 7.25. The first-order valence-corrected chi connectivity index (χ1v) is 8.91. The Morgan fingerprint density at radius 2 is 2.03 bits per heavy atom. The van der Waals surface area contributed by atoms with Crippen LogP contribution in [0.2, 0.25) is 0 Å². The largest absolute Gasteiger partial charge is 0.503 e. The lowest BCUT2D eigenvalue weighted by atomic mass is 9.78. The topological polar surface area (TPSA) is 105 Å². The van der Waals surface area contributed by atoms with Crippen molar-refractivity contribution < 1.29 is 27.9 Å². The van der Waals surface area contributed by atoms with Crippen LogP contribution in [0.15, 0.2) is 35.3 Å². The molecule has 8 nitrogen and oxygen atoms in total. The Kier molecular flexibility index (Phi) is 5.31. The molecule has 1 fully saturated rings. The molecule has 160 valence electrons. The fourth-order valence-electron chi connectivity index (χ4n) is 3.62. The average Bonchev–Trinajstić information content (AvgIpc) is 2.97. The monoisotopic (exact) mass is 424 g/mol. The number of aromatic hydroxyl groups is 1. The summed E-state index contributed by atoms with van der Waals surface area (Å²) in [5.74, 6) is -1.83. The van der Waals surface area contributed by atoms with Gasteiger partial charge < -0.3 is 15.3 Å². The summed E-state index contributed by atoms with van der Waals surface area (Å²) in [6, 6.07) is 4.66. The summed E-state index contributed by atoms with van der Waals surface area (Å²) < 4.78 is 40.8. The van der Waals surface area contributed by atoms with Crippen molar-refractivity contribution in [1.29, 1.82) is 0 Å². The van der Waals surface area contributed by atoms with Crippen molar-refractivity contribution in [3.05, 3.63) is 57.5 Å². The van der Waals surface area contributed by atoms with E-state index in [-0.39, 0.29) is 31.0 Å². The molecule has 0 aliphatic carbocycles. The molecule has 2 amide bonds. The van der Waals surface area contributed by atoms with E-state index < -0.39 is 39.9 Å². The minimum absolute atomic E-state index is 0.0943. The van der Waals surface area contributed by atoms with Gasteiger partial charge in [-0.25, -0.2) is 0 Å². The molecule has 1 saturated heterocycles. The highest BCUT2D eigenvalue weighted by molar-refractivity contribution is 5.92. The second-order valence-electron chi connectivity index (χ2n) is 7.25. The molecule has 1 aliphatic rings. The number of benzene rings is 1. The van der Waals surface area contributed by atoms with E-state index >= 15 is 0 Å². The number of likely N-dealkylation sites (tertiary alicyclic amines) is 1. The van der Waals surface area contributed by atoms with Gasteiger partial charge in [-0.15, -0.1) is 0 Å². The summed E-state index contributed by atoms with van der Waals surface area (Å²) >= 11 is 0. The zero-order chi connectivity index (χ0) is 22.3. The van der Waals surface area contributed by atoms with Gasteiger partial charge in [0.25, 0.3) is 11.3 Å². The molecule has 1 atom stereocenters.